The lowest BCUT2D eigenvalue weighted by Crippen LogP contribution is -1.91. The third kappa shape index (κ3) is 0.869. The molecule has 0 aliphatic heterocycles. The quantitative estimate of drug-likeness (QED) is 0.565. The molecule has 56 valence electrons. The van der Waals surface area contributed by atoms with E-state index in [4.69, 9.17) is 4.42 Å². The van der Waals surface area contributed by atoms with Gasteiger partial charge in [0.15, 0.2) is 6.39 Å². The highest BCUT2D eigenvalue weighted by atomic mass is 16.3. The van der Waals surface area contributed by atoms with E-state index in [0.29, 0.717) is 11.4 Å². The Balaban J connectivity index is 2.86. The van der Waals surface area contributed by atoms with Gasteiger partial charge in [-0.3, -0.25) is 0 Å². The Morgan fingerprint density at radius 3 is 2.73 bits per heavy atom. The van der Waals surface area contributed by atoms with Crippen LogP contribution in [0.4, 0.5) is 0 Å². The second kappa shape index (κ2) is 2.02. The van der Waals surface area contributed by atoms with Crippen molar-refractivity contribution in [1.29, 1.82) is 0 Å². The molecule has 0 aromatic carbocycles. The number of nitrogens with zero attached hydrogens (tertiary/aromatic N) is 3. The van der Waals surface area contributed by atoms with E-state index >= 15 is 0 Å². The van der Waals surface area contributed by atoms with Gasteiger partial charge in [-0.15, -0.1) is 0 Å². The van der Waals surface area contributed by atoms with Gasteiger partial charge >= 0.3 is 0 Å². The summed E-state index contributed by atoms with van der Waals surface area (Å²) in [6.45, 7) is 3.79. The van der Waals surface area contributed by atoms with E-state index in [1.807, 2.05) is 13.8 Å². The van der Waals surface area contributed by atoms with E-state index in [9.17, 15) is 0 Å². The molecule has 11 heavy (non-hydrogen) atoms. The Bertz CT molecular complexity index is 357. The molecular formula is C7H7N3O. The smallest absolute Gasteiger partial charge is 0.266 e. The van der Waals surface area contributed by atoms with Crippen molar-refractivity contribution in [2.75, 3.05) is 0 Å². The van der Waals surface area contributed by atoms with Crippen LogP contribution in [0.1, 0.15) is 11.4 Å². The monoisotopic (exact) mass is 149 g/mol. The number of rotatable bonds is 0. The van der Waals surface area contributed by atoms with E-state index in [2.05, 4.69) is 15.0 Å². The maximum atomic E-state index is 4.97. The van der Waals surface area contributed by atoms with Gasteiger partial charge in [-0.1, -0.05) is 0 Å². The van der Waals surface area contributed by atoms with Crippen LogP contribution in [0.2, 0.25) is 0 Å². The lowest BCUT2D eigenvalue weighted by atomic mass is 10.3. The molecule has 0 spiro atoms. The van der Waals surface area contributed by atoms with Gasteiger partial charge in [-0.25, -0.2) is 9.97 Å². The Hall–Kier alpha value is -1.45. The fourth-order valence-corrected chi connectivity index (χ4v) is 0.860. The summed E-state index contributed by atoms with van der Waals surface area (Å²) in [7, 11) is 0. The molecule has 0 atom stereocenters. The van der Waals surface area contributed by atoms with Gasteiger partial charge in [0, 0.05) is 0 Å². The van der Waals surface area contributed by atoms with Gasteiger partial charge in [-0.05, 0) is 13.8 Å². The largest absolute Gasteiger partial charge is 0.424 e. The molecule has 0 radical (unpaired) electrons. The molecule has 2 aromatic heterocycles. The first-order valence-electron chi connectivity index (χ1n) is 3.32. The van der Waals surface area contributed by atoms with Crippen molar-refractivity contribution >= 4 is 11.4 Å². The number of fused-ring (bicyclic) bond motifs is 1. The Kier molecular flexibility index (Phi) is 1.15. The summed E-state index contributed by atoms with van der Waals surface area (Å²) < 4.78 is 4.97. The molecule has 0 aliphatic carbocycles. The van der Waals surface area contributed by atoms with Crippen LogP contribution in [-0.2, 0) is 0 Å². The van der Waals surface area contributed by atoms with Crippen LogP contribution in [0.25, 0.3) is 11.4 Å². The first-order chi connectivity index (χ1) is 5.27. The summed E-state index contributed by atoms with van der Waals surface area (Å²) in [4.78, 5) is 12.2. The van der Waals surface area contributed by atoms with Crippen molar-refractivity contribution < 1.29 is 4.42 Å². The summed E-state index contributed by atoms with van der Waals surface area (Å²) in [6.07, 6.45) is 1.35. The normalized spacial score (nSPS) is 10.7. The first-order valence-corrected chi connectivity index (χ1v) is 3.32. The van der Waals surface area contributed by atoms with Crippen molar-refractivity contribution in [3.05, 3.63) is 17.8 Å². The molecule has 4 heteroatoms. The molecule has 0 saturated heterocycles. The van der Waals surface area contributed by atoms with Gasteiger partial charge in [0.1, 0.15) is 0 Å². The molecule has 0 unspecified atom stereocenters. The summed E-state index contributed by atoms with van der Waals surface area (Å²) in [6, 6.07) is 0. The van der Waals surface area contributed by atoms with Crippen LogP contribution >= 0.6 is 0 Å². The van der Waals surface area contributed by atoms with Crippen molar-refractivity contribution in [2.24, 2.45) is 0 Å². The molecule has 0 saturated carbocycles. The molecule has 2 aromatic rings. The van der Waals surface area contributed by atoms with Crippen LogP contribution in [-0.4, -0.2) is 15.0 Å². The topological polar surface area (TPSA) is 51.8 Å². The predicted molar refractivity (Wildman–Crippen MR) is 39.1 cm³/mol. The summed E-state index contributed by atoms with van der Waals surface area (Å²) in [5.74, 6) is 0. The van der Waals surface area contributed by atoms with Crippen molar-refractivity contribution in [3.63, 3.8) is 0 Å². The minimum absolute atomic E-state index is 0.508. The predicted octanol–water partition coefficient (Wildman–Crippen LogP) is 1.23. The lowest BCUT2D eigenvalue weighted by Gasteiger charge is -1.93. The Morgan fingerprint density at radius 1 is 1.18 bits per heavy atom. The van der Waals surface area contributed by atoms with Gasteiger partial charge in [0.25, 0.3) is 5.71 Å². The van der Waals surface area contributed by atoms with E-state index < -0.39 is 0 Å². The molecule has 2 heterocycles. The highest BCUT2D eigenvalue weighted by molar-refractivity contribution is 5.61. The average Bonchev–Trinajstić information content (AvgIpc) is 2.36. The third-order valence-electron chi connectivity index (χ3n) is 1.60. The first kappa shape index (κ1) is 6.27. The fraction of sp³-hybridized carbons (Fsp3) is 0.286. The van der Waals surface area contributed by atoms with Crippen molar-refractivity contribution in [1.82, 2.24) is 15.0 Å². The Labute approximate surface area is 63.3 Å². The van der Waals surface area contributed by atoms with E-state index in [1.165, 1.54) is 6.39 Å². The molecule has 0 N–H and O–H groups in total. The van der Waals surface area contributed by atoms with Crippen LogP contribution < -0.4 is 0 Å². The van der Waals surface area contributed by atoms with E-state index in [-0.39, 0.29) is 0 Å². The molecule has 0 aliphatic rings. The minimum atomic E-state index is 0.508. The van der Waals surface area contributed by atoms with Crippen molar-refractivity contribution in [3.8, 4) is 0 Å². The zero-order valence-electron chi connectivity index (χ0n) is 6.33. The highest BCUT2D eigenvalue weighted by Gasteiger charge is 2.03. The van der Waals surface area contributed by atoms with E-state index in [0.717, 1.165) is 11.4 Å². The molecule has 0 amide bonds. The zero-order chi connectivity index (χ0) is 7.84. The third-order valence-corrected chi connectivity index (χ3v) is 1.60. The van der Waals surface area contributed by atoms with Crippen LogP contribution in [0.5, 0.6) is 0 Å². The molecule has 0 bridgehead atoms. The van der Waals surface area contributed by atoms with Gasteiger partial charge in [0.2, 0.25) is 5.65 Å². The maximum absolute atomic E-state index is 4.97. The summed E-state index contributed by atoms with van der Waals surface area (Å²) >= 11 is 0. The fourth-order valence-electron chi connectivity index (χ4n) is 0.860. The lowest BCUT2D eigenvalue weighted by molar-refractivity contribution is 0.589. The molecule has 0 fully saturated rings. The second-order valence-corrected chi connectivity index (χ2v) is 2.38. The van der Waals surface area contributed by atoms with Gasteiger partial charge in [-0.2, -0.15) is 4.98 Å². The van der Waals surface area contributed by atoms with Crippen LogP contribution in [0, 0.1) is 13.8 Å². The number of hydrogen-bond acceptors (Lipinski definition) is 4. The number of oxazole rings is 1. The minimum Gasteiger partial charge on any atom is -0.424 e. The summed E-state index contributed by atoms with van der Waals surface area (Å²) in [5.41, 5.74) is 2.86. The summed E-state index contributed by atoms with van der Waals surface area (Å²) in [5, 5.41) is 0. The van der Waals surface area contributed by atoms with Crippen molar-refractivity contribution in [2.45, 2.75) is 13.8 Å². The number of aromatic nitrogens is 3. The van der Waals surface area contributed by atoms with Gasteiger partial charge < -0.3 is 4.42 Å². The van der Waals surface area contributed by atoms with Crippen LogP contribution in [0.3, 0.4) is 0 Å². The highest BCUT2D eigenvalue weighted by Crippen LogP contribution is 2.08. The number of hydrogen-bond donors (Lipinski definition) is 0. The van der Waals surface area contributed by atoms with E-state index in [1.54, 1.807) is 0 Å². The van der Waals surface area contributed by atoms with Crippen LogP contribution in [0.15, 0.2) is 10.8 Å². The molecule has 2 rings (SSSR count). The SMILES string of the molecule is Cc1nc2ncoc2nc1C. The number of aryl methyl sites for hydroxylation is 2. The zero-order valence-corrected chi connectivity index (χ0v) is 6.33. The Morgan fingerprint density at radius 2 is 1.91 bits per heavy atom. The average molecular weight is 149 g/mol. The van der Waals surface area contributed by atoms with Gasteiger partial charge in [0.05, 0.1) is 11.4 Å². The standard InChI is InChI=1S/C7H7N3O/c1-4-5(2)10-7-6(9-4)8-3-11-7/h3H,1-2H3. The molecule has 4 nitrogen and oxygen atoms in total. The molecular weight excluding hydrogens is 142 g/mol. The maximum Gasteiger partial charge on any atom is 0.266 e. The second-order valence-electron chi connectivity index (χ2n) is 2.38.